The SMILES string of the molecule is NC(=O)OCCNCc1ccccc1C1CC1. The summed E-state index contributed by atoms with van der Waals surface area (Å²) < 4.78 is 4.65. The molecule has 3 N–H and O–H groups in total. The average Bonchev–Trinajstić information content (AvgIpc) is 3.13. The third-order valence-electron chi connectivity index (χ3n) is 2.91. The molecule has 17 heavy (non-hydrogen) atoms. The van der Waals surface area contributed by atoms with E-state index in [1.165, 1.54) is 24.0 Å². The highest BCUT2D eigenvalue weighted by molar-refractivity contribution is 5.64. The molecular formula is C13H18N2O2. The van der Waals surface area contributed by atoms with Crippen molar-refractivity contribution in [2.75, 3.05) is 13.2 Å². The van der Waals surface area contributed by atoms with Crippen LogP contribution in [0.25, 0.3) is 0 Å². The minimum Gasteiger partial charge on any atom is -0.448 e. The van der Waals surface area contributed by atoms with Crippen LogP contribution >= 0.6 is 0 Å². The molecule has 92 valence electrons. The fraction of sp³-hybridized carbons (Fsp3) is 0.462. The summed E-state index contributed by atoms with van der Waals surface area (Å²) in [7, 11) is 0. The number of hydrogen-bond donors (Lipinski definition) is 2. The topological polar surface area (TPSA) is 64.4 Å². The standard InChI is InChI=1S/C13H18N2O2/c14-13(16)17-8-7-15-9-11-3-1-2-4-12(11)10-5-6-10/h1-4,10,15H,5-9H2,(H2,14,16). The molecule has 1 saturated carbocycles. The van der Waals surface area contributed by atoms with Crippen LogP contribution in [-0.2, 0) is 11.3 Å². The first-order valence-electron chi connectivity index (χ1n) is 5.98. The van der Waals surface area contributed by atoms with Crippen LogP contribution in [0.1, 0.15) is 29.9 Å². The first-order valence-corrected chi connectivity index (χ1v) is 5.98. The average molecular weight is 234 g/mol. The van der Waals surface area contributed by atoms with E-state index in [2.05, 4.69) is 34.3 Å². The van der Waals surface area contributed by atoms with E-state index in [1.807, 2.05) is 0 Å². The van der Waals surface area contributed by atoms with Crippen LogP contribution in [0.3, 0.4) is 0 Å². The van der Waals surface area contributed by atoms with Crippen LogP contribution < -0.4 is 11.1 Å². The Kier molecular flexibility index (Phi) is 3.98. The van der Waals surface area contributed by atoms with Gasteiger partial charge in [0, 0.05) is 13.1 Å². The molecule has 0 unspecified atom stereocenters. The quantitative estimate of drug-likeness (QED) is 0.737. The lowest BCUT2D eigenvalue weighted by Gasteiger charge is -2.09. The van der Waals surface area contributed by atoms with Gasteiger partial charge >= 0.3 is 6.09 Å². The van der Waals surface area contributed by atoms with Gasteiger partial charge in [0.2, 0.25) is 0 Å². The number of ether oxygens (including phenoxy) is 1. The third kappa shape index (κ3) is 3.75. The molecule has 1 aromatic carbocycles. The normalized spacial score (nSPS) is 14.6. The predicted molar refractivity (Wildman–Crippen MR) is 65.7 cm³/mol. The lowest BCUT2D eigenvalue weighted by Crippen LogP contribution is -2.23. The number of nitrogens with one attached hydrogen (secondary N) is 1. The predicted octanol–water partition coefficient (Wildman–Crippen LogP) is 1.75. The minimum atomic E-state index is -0.717. The molecule has 0 aromatic heterocycles. The van der Waals surface area contributed by atoms with Crippen LogP contribution in [0.2, 0.25) is 0 Å². The molecule has 1 amide bonds. The van der Waals surface area contributed by atoms with Crippen molar-refractivity contribution >= 4 is 6.09 Å². The Morgan fingerprint density at radius 3 is 2.88 bits per heavy atom. The number of amides is 1. The second-order valence-corrected chi connectivity index (χ2v) is 4.32. The lowest BCUT2D eigenvalue weighted by molar-refractivity contribution is 0.157. The monoisotopic (exact) mass is 234 g/mol. The molecule has 1 aliphatic rings. The molecule has 0 saturated heterocycles. The van der Waals surface area contributed by atoms with Crippen LogP contribution in [-0.4, -0.2) is 19.2 Å². The highest BCUT2D eigenvalue weighted by Crippen LogP contribution is 2.41. The zero-order chi connectivity index (χ0) is 12.1. The zero-order valence-corrected chi connectivity index (χ0v) is 9.82. The fourth-order valence-corrected chi connectivity index (χ4v) is 1.93. The van der Waals surface area contributed by atoms with E-state index in [0.29, 0.717) is 13.2 Å². The number of rotatable bonds is 6. The molecule has 0 atom stereocenters. The Balaban J connectivity index is 1.76. The van der Waals surface area contributed by atoms with E-state index in [1.54, 1.807) is 0 Å². The molecule has 0 heterocycles. The van der Waals surface area contributed by atoms with Gasteiger partial charge in [-0.15, -0.1) is 0 Å². The fourth-order valence-electron chi connectivity index (χ4n) is 1.93. The number of benzene rings is 1. The smallest absolute Gasteiger partial charge is 0.404 e. The second kappa shape index (κ2) is 5.68. The van der Waals surface area contributed by atoms with Crippen molar-refractivity contribution in [1.82, 2.24) is 5.32 Å². The van der Waals surface area contributed by atoms with Crippen LogP contribution in [0.4, 0.5) is 4.79 Å². The van der Waals surface area contributed by atoms with Gasteiger partial charge in [0.1, 0.15) is 6.61 Å². The Morgan fingerprint density at radius 2 is 2.18 bits per heavy atom. The number of carbonyl (C=O) groups is 1. The minimum absolute atomic E-state index is 0.320. The Hall–Kier alpha value is -1.55. The third-order valence-corrected chi connectivity index (χ3v) is 2.91. The molecule has 0 bridgehead atoms. The van der Waals surface area contributed by atoms with Crippen molar-refractivity contribution in [2.24, 2.45) is 5.73 Å². The summed E-state index contributed by atoms with van der Waals surface area (Å²) >= 11 is 0. The summed E-state index contributed by atoms with van der Waals surface area (Å²) in [5.74, 6) is 0.759. The number of primary amides is 1. The van der Waals surface area contributed by atoms with Gasteiger partial charge in [-0.2, -0.15) is 0 Å². The summed E-state index contributed by atoms with van der Waals surface area (Å²) in [5, 5.41) is 3.25. The van der Waals surface area contributed by atoms with Gasteiger partial charge in [0.25, 0.3) is 0 Å². The Bertz CT molecular complexity index is 389. The van der Waals surface area contributed by atoms with Crippen molar-refractivity contribution < 1.29 is 9.53 Å². The summed E-state index contributed by atoms with van der Waals surface area (Å²) in [6.07, 6.45) is 1.90. The Morgan fingerprint density at radius 1 is 1.41 bits per heavy atom. The largest absolute Gasteiger partial charge is 0.448 e. The maximum Gasteiger partial charge on any atom is 0.404 e. The van der Waals surface area contributed by atoms with Crippen LogP contribution in [0, 0.1) is 0 Å². The van der Waals surface area contributed by atoms with Crippen molar-refractivity contribution in [3.8, 4) is 0 Å². The molecule has 0 aliphatic heterocycles. The van der Waals surface area contributed by atoms with E-state index >= 15 is 0 Å². The van der Waals surface area contributed by atoms with Crippen LogP contribution in [0.15, 0.2) is 24.3 Å². The summed E-state index contributed by atoms with van der Waals surface area (Å²) in [4.78, 5) is 10.4. The molecule has 1 aromatic rings. The molecular weight excluding hydrogens is 216 g/mol. The highest BCUT2D eigenvalue weighted by atomic mass is 16.5. The molecule has 0 radical (unpaired) electrons. The van der Waals surface area contributed by atoms with Gasteiger partial charge in [0.05, 0.1) is 0 Å². The van der Waals surface area contributed by atoms with Crippen molar-refractivity contribution in [3.63, 3.8) is 0 Å². The number of nitrogens with two attached hydrogens (primary N) is 1. The van der Waals surface area contributed by atoms with Crippen molar-refractivity contribution in [3.05, 3.63) is 35.4 Å². The number of carbonyl (C=O) groups excluding carboxylic acids is 1. The molecule has 1 aliphatic carbocycles. The summed E-state index contributed by atoms with van der Waals surface area (Å²) in [6, 6.07) is 8.50. The summed E-state index contributed by atoms with van der Waals surface area (Å²) in [5.41, 5.74) is 7.67. The van der Waals surface area contributed by atoms with E-state index in [4.69, 9.17) is 5.73 Å². The van der Waals surface area contributed by atoms with E-state index < -0.39 is 6.09 Å². The molecule has 4 heteroatoms. The number of hydrogen-bond acceptors (Lipinski definition) is 3. The highest BCUT2D eigenvalue weighted by Gasteiger charge is 2.25. The van der Waals surface area contributed by atoms with Gasteiger partial charge in [-0.1, -0.05) is 24.3 Å². The van der Waals surface area contributed by atoms with Gasteiger partial charge in [0.15, 0.2) is 0 Å². The molecule has 4 nitrogen and oxygen atoms in total. The van der Waals surface area contributed by atoms with E-state index in [9.17, 15) is 4.79 Å². The summed E-state index contributed by atoms with van der Waals surface area (Å²) in [6.45, 7) is 1.76. The maximum atomic E-state index is 10.4. The van der Waals surface area contributed by atoms with Crippen LogP contribution in [0.5, 0.6) is 0 Å². The van der Waals surface area contributed by atoms with Gasteiger partial charge in [-0.25, -0.2) is 4.79 Å². The maximum absolute atomic E-state index is 10.4. The zero-order valence-electron chi connectivity index (χ0n) is 9.82. The second-order valence-electron chi connectivity index (χ2n) is 4.32. The molecule has 1 fully saturated rings. The van der Waals surface area contributed by atoms with E-state index in [-0.39, 0.29) is 0 Å². The Labute approximate surface area is 101 Å². The van der Waals surface area contributed by atoms with Crippen molar-refractivity contribution in [2.45, 2.75) is 25.3 Å². The van der Waals surface area contributed by atoms with Crippen molar-refractivity contribution in [1.29, 1.82) is 0 Å². The van der Waals surface area contributed by atoms with Gasteiger partial charge in [-0.05, 0) is 29.9 Å². The first-order chi connectivity index (χ1) is 8.27. The van der Waals surface area contributed by atoms with Gasteiger partial charge < -0.3 is 15.8 Å². The first kappa shape index (κ1) is 11.9. The lowest BCUT2D eigenvalue weighted by atomic mass is 10.0. The van der Waals surface area contributed by atoms with E-state index in [0.717, 1.165) is 12.5 Å². The molecule has 2 rings (SSSR count). The van der Waals surface area contributed by atoms with Gasteiger partial charge in [-0.3, -0.25) is 0 Å². The molecule has 0 spiro atoms.